The highest BCUT2D eigenvalue weighted by Crippen LogP contribution is 2.20. The minimum atomic E-state index is 0.760. The number of aromatic nitrogens is 3. The molecule has 2 heterocycles. The number of benzene rings is 1. The molecule has 0 aliphatic carbocycles. The highest BCUT2D eigenvalue weighted by molar-refractivity contribution is 5.83. The van der Waals surface area contributed by atoms with Gasteiger partial charge in [0.15, 0.2) is 0 Å². The van der Waals surface area contributed by atoms with Gasteiger partial charge in [-0.3, -0.25) is 4.68 Å². The molecule has 0 bridgehead atoms. The molecular formula is C15H17N5. The number of aryl methyl sites for hydroxylation is 1. The van der Waals surface area contributed by atoms with E-state index < -0.39 is 0 Å². The summed E-state index contributed by atoms with van der Waals surface area (Å²) in [6, 6.07) is 9.82. The van der Waals surface area contributed by atoms with Crippen molar-refractivity contribution in [2.24, 2.45) is 7.05 Å². The molecule has 5 nitrogen and oxygen atoms in total. The van der Waals surface area contributed by atoms with E-state index >= 15 is 0 Å². The smallest absolute Gasteiger partial charge is 0.129 e. The number of nitrogen functional groups attached to an aromatic ring is 1. The van der Waals surface area contributed by atoms with E-state index in [9.17, 15) is 0 Å². The molecule has 0 fully saturated rings. The first-order valence-electron chi connectivity index (χ1n) is 6.47. The Morgan fingerprint density at radius 1 is 1.25 bits per heavy atom. The van der Waals surface area contributed by atoms with Gasteiger partial charge in [-0.25, -0.2) is 4.98 Å². The van der Waals surface area contributed by atoms with E-state index in [1.54, 1.807) is 4.68 Å². The van der Waals surface area contributed by atoms with Crippen molar-refractivity contribution in [1.82, 2.24) is 14.8 Å². The Labute approximate surface area is 117 Å². The molecule has 0 spiro atoms. The maximum atomic E-state index is 5.78. The minimum absolute atomic E-state index is 0.760. The lowest BCUT2D eigenvalue weighted by atomic mass is 10.2. The van der Waals surface area contributed by atoms with Crippen LogP contribution in [-0.2, 0) is 13.6 Å². The van der Waals surface area contributed by atoms with Gasteiger partial charge >= 0.3 is 0 Å². The van der Waals surface area contributed by atoms with Gasteiger partial charge in [0.05, 0.1) is 11.7 Å². The maximum absolute atomic E-state index is 5.78. The van der Waals surface area contributed by atoms with Crippen LogP contribution >= 0.6 is 0 Å². The van der Waals surface area contributed by atoms with Gasteiger partial charge in [0.25, 0.3) is 0 Å². The fourth-order valence-electron chi connectivity index (χ4n) is 2.25. The zero-order valence-corrected chi connectivity index (χ0v) is 11.6. The lowest BCUT2D eigenvalue weighted by Gasteiger charge is -2.17. The largest absolute Gasteiger partial charge is 0.399 e. The first-order chi connectivity index (χ1) is 9.61. The number of nitrogens with two attached hydrogens (primary N) is 1. The van der Waals surface area contributed by atoms with E-state index in [0.29, 0.717) is 0 Å². The number of hydrogen-bond acceptors (Lipinski definition) is 4. The maximum Gasteiger partial charge on any atom is 0.129 e. The summed E-state index contributed by atoms with van der Waals surface area (Å²) in [6.07, 6.45) is 3.89. The molecule has 2 aromatic heterocycles. The first kappa shape index (κ1) is 12.5. The van der Waals surface area contributed by atoms with Crippen LogP contribution in [0.15, 0.2) is 42.7 Å². The minimum Gasteiger partial charge on any atom is -0.399 e. The van der Waals surface area contributed by atoms with Crippen LogP contribution in [0.25, 0.3) is 10.9 Å². The van der Waals surface area contributed by atoms with Gasteiger partial charge in [-0.1, -0.05) is 0 Å². The van der Waals surface area contributed by atoms with E-state index in [1.165, 1.54) is 0 Å². The first-order valence-corrected chi connectivity index (χ1v) is 6.47. The average molecular weight is 267 g/mol. The van der Waals surface area contributed by atoms with Crippen molar-refractivity contribution in [1.29, 1.82) is 0 Å². The summed E-state index contributed by atoms with van der Waals surface area (Å²) in [5.74, 6) is 0.936. The summed E-state index contributed by atoms with van der Waals surface area (Å²) < 4.78 is 1.81. The Morgan fingerprint density at radius 3 is 2.85 bits per heavy atom. The summed E-state index contributed by atoms with van der Waals surface area (Å²) in [6.45, 7) is 0.779. The predicted molar refractivity (Wildman–Crippen MR) is 81.5 cm³/mol. The molecule has 3 rings (SSSR count). The molecule has 0 aliphatic heterocycles. The number of nitrogens with zero attached hydrogens (tertiary/aromatic N) is 4. The van der Waals surface area contributed by atoms with E-state index in [0.717, 1.165) is 34.5 Å². The number of anilines is 2. The summed E-state index contributed by atoms with van der Waals surface area (Å²) in [4.78, 5) is 6.77. The van der Waals surface area contributed by atoms with Crippen LogP contribution in [0.2, 0.25) is 0 Å². The normalized spacial score (nSPS) is 10.9. The van der Waals surface area contributed by atoms with Crippen LogP contribution in [0.4, 0.5) is 11.5 Å². The Balaban J connectivity index is 1.87. The fourth-order valence-corrected chi connectivity index (χ4v) is 2.25. The third-order valence-corrected chi connectivity index (χ3v) is 3.27. The Hall–Kier alpha value is -2.56. The Morgan fingerprint density at radius 2 is 2.10 bits per heavy atom. The third-order valence-electron chi connectivity index (χ3n) is 3.27. The molecule has 5 heteroatoms. The second kappa shape index (κ2) is 4.85. The molecule has 0 radical (unpaired) electrons. The molecule has 0 saturated carbocycles. The molecule has 3 aromatic rings. The standard InChI is InChI=1S/C15H17N5/c1-19(9-11-8-17-20(2)10-11)15-6-3-12-7-13(16)4-5-14(12)18-15/h3-8,10H,9,16H2,1-2H3. The molecule has 20 heavy (non-hydrogen) atoms. The second-order valence-corrected chi connectivity index (χ2v) is 5.00. The molecule has 1 aromatic carbocycles. The molecule has 0 aliphatic rings. The number of pyridine rings is 1. The number of fused-ring (bicyclic) bond motifs is 1. The van der Waals surface area contributed by atoms with Gasteiger partial charge in [-0.15, -0.1) is 0 Å². The van der Waals surface area contributed by atoms with Crippen molar-refractivity contribution in [2.75, 3.05) is 17.7 Å². The summed E-state index contributed by atoms with van der Waals surface area (Å²) >= 11 is 0. The number of rotatable bonds is 3. The van der Waals surface area contributed by atoms with E-state index in [4.69, 9.17) is 5.73 Å². The van der Waals surface area contributed by atoms with Crippen LogP contribution in [0.5, 0.6) is 0 Å². The molecule has 0 unspecified atom stereocenters. The van der Waals surface area contributed by atoms with Crippen LogP contribution in [0, 0.1) is 0 Å². The van der Waals surface area contributed by atoms with Crippen LogP contribution in [-0.4, -0.2) is 21.8 Å². The highest BCUT2D eigenvalue weighted by atomic mass is 15.2. The quantitative estimate of drug-likeness (QED) is 0.739. The van der Waals surface area contributed by atoms with Gasteiger partial charge < -0.3 is 10.6 Å². The van der Waals surface area contributed by atoms with Crippen molar-refractivity contribution >= 4 is 22.4 Å². The summed E-state index contributed by atoms with van der Waals surface area (Å²) in [5.41, 5.74) is 8.65. The van der Waals surface area contributed by atoms with Crippen molar-refractivity contribution in [3.05, 3.63) is 48.3 Å². The molecule has 0 saturated heterocycles. The zero-order chi connectivity index (χ0) is 14.1. The zero-order valence-electron chi connectivity index (χ0n) is 11.6. The topological polar surface area (TPSA) is 60.0 Å². The van der Waals surface area contributed by atoms with Gasteiger partial charge in [-0.05, 0) is 30.3 Å². The fraction of sp³-hybridized carbons (Fsp3) is 0.200. The monoisotopic (exact) mass is 267 g/mol. The molecule has 102 valence electrons. The van der Waals surface area contributed by atoms with Gasteiger partial charge in [0.2, 0.25) is 0 Å². The number of hydrogen-bond donors (Lipinski definition) is 1. The molecule has 0 amide bonds. The van der Waals surface area contributed by atoms with Crippen LogP contribution < -0.4 is 10.6 Å². The average Bonchev–Trinajstić information content (AvgIpc) is 2.83. The lowest BCUT2D eigenvalue weighted by molar-refractivity contribution is 0.766. The van der Waals surface area contributed by atoms with Gasteiger partial charge in [0, 0.05) is 43.5 Å². The van der Waals surface area contributed by atoms with Gasteiger partial charge in [0.1, 0.15) is 5.82 Å². The van der Waals surface area contributed by atoms with Crippen LogP contribution in [0.1, 0.15) is 5.56 Å². The Kier molecular flexibility index (Phi) is 3.02. The second-order valence-electron chi connectivity index (χ2n) is 5.00. The lowest BCUT2D eigenvalue weighted by Crippen LogP contribution is -2.17. The summed E-state index contributed by atoms with van der Waals surface area (Å²) in [5, 5.41) is 5.24. The third kappa shape index (κ3) is 2.42. The van der Waals surface area contributed by atoms with Crippen LogP contribution in [0.3, 0.4) is 0 Å². The summed E-state index contributed by atoms with van der Waals surface area (Å²) in [7, 11) is 3.95. The van der Waals surface area contributed by atoms with Crippen molar-refractivity contribution < 1.29 is 0 Å². The SMILES string of the molecule is CN(Cc1cnn(C)c1)c1ccc2cc(N)ccc2n1. The predicted octanol–water partition coefficient (Wildman–Crippen LogP) is 2.19. The van der Waals surface area contributed by atoms with Crippen molar-refractivity contribution in [3.8, 4) is 0 Å². The van der Waals surface area contributed by atoms with E-state index in [1.807, 2.05) is 56.8 Å². The van der Waals surface area contributed by atoms with Crippen molar-refractivity contribution in [2.45, 2.75) is 6.54 Å². The Bertz CT molecular complexity index is 747. The van der Waals surface area contributed by atoms with E-state index in [-0.39, 0.29) is 0 Å². The van der Waals surface area contributed by atoms with Crippen molar-refractivity contribution in [3.63, 3.8) is 0 Å². The highest BCUT2D eigenvalue weighted by Gasteiger charge is 2.06. The molecule has 0 atom stereocenters. The van der Waals surface area contributed by atoms with Gasteiger partial charge in [-0.2, -0.15) is 5.10 Å². The molecular weight excluding hydrogens is 250 g/mol. The molecule has 2 N–H and O–H groups in total. The van der Waals surface area contributed by atoms with E-state index in [2.05, 4.69) is 15.0 Å².